The maximum atomic E-state index is 13.2. The Bertz CT molecular complexity index is 1080. The molecule has 0 aromatic heterocycles. The number of rotatable bonds is 8. The maximum absolute atomic E-state index is 13.2. The summed E-state index contributed by atoms with van der Waals surface area (Å²) in [4.78, 5) is 14.9. The van der Waals surface area contributed by atoms with E-state index in [4.69, 9.17) is 9.47 Å². The molecule has 174 valence electrons. The Labute approximate surface area is 190 Å². The Balaban J connectivity index is 1.78. The van der Waals surface area contributed by atoms with Gasteiger partial charge in [0.1, 0.15) is 18.0 Å². The molecule has 7 nitrogen and oxygen atoms in total. The summed E-state index contributed by atoms with van der Waals surface area (Å²) in [5, 5.41) is 0. The first-order chi connectivity index (χ1) is 15.1. The highest BCUT2D eigenvalue weighted by Gasteiger charge is 2.38. The normalized spacial score (nSPS) is 18.6. The van der Waals surface area contributed by atoms with Crippen LogP contribution in [0, 0.1) is 20.8 Å². The van der Waals surface area contributed by atoms with Crippen molar-refractivity contribution in [2.45, 2.75) is 46.3 Å². The second-order valence-electron chi connectivity index (χ2n) is 8.31. The lowest BCUT2D eigenvalue weighted by Crippen LogP contribution is -2.32. The number of carbonyl (C=O) groups is 1. The van der Waals surface area contributed by atoms with Gasteiger partial charge in [-0.2, -0.15) is 0 Å². The van der Waals surface area contributed by atoms with Crippen LogP contribution in [-0.2, 0) is 14.8 Å². The van der Waals surface area contributed by atoms with Crippen LogP contribution >= 0.6 is 0 Å². The Morgan fingerprint density at radius 1 is 1.12 bits per heavy atom. The van der Waals surface area contributed by atoms with Gasteiger partial charge in [0.25, 0.3) is 5.91 Å². The summed E-state index contributed by atoms with van der Waals surface area (Å²) in [6.07, 6.45) is -0.119. The molecule has 1 amide bonds. The maximum Gasteiger partial charge on any atom is 0.254 e. The zero-order chi connectivity index (χ0) is 23.5. The lowest BCUT2D eigenvalue weighted by Gasteiger charge is -2.21. The highest BCUT2D eigenvalue weighted by Crippen LogP contribution is 2.30. The molecule has 1 heterocycles. The van der Waals surface area contributed by atoms with Crippen molar-refractivity contribution in [1.82, 2.24) is 4.90 Å². The topological polar surface area (TPSA) is 84.9 Å². The van der Waals surface area contributed by atoms with Crippen molar-refractivity contribution in [3.63, 3.8) is 0 Å². The summed E-state index contributed by atoms with van der Waals surface area (Å²) < 4.78 is 38.9. The number of sulfonamides is 1. The van der Waals surface area contributed by atoms with Crippen molar-refractivity contribution < 1.29 is 22.7 Å². The summed E-state index contributed by atoms with van der Waals surface area (Å²) in [5.41, 5.74) is 3.84. The van der Waals surface area contributed by atoms with E-state index >= 15 is 0 Å². The van der Waals surface area contributed by atoms with Crippen molar-refractivity contribution in [3.05, 3.63) is 58.7 Å². The lowest BCUT2D eigenvalue weighted by molar-refractivity contribution is 0.0337. The second-order valence-corrected chi connectivity index (χ2v) is 10.2. The summed E-state index contributed by atoms with van der Waals surface area (Å²) in [6, 6.07) is 11.1. The van der Waals surface area contributed by atoms with Crippen molar-refractivity contribution in [1.29, 1.82) is 0 Å². The minimum absolute atomic E-state index is 0.0443. The van der Waals surface area contributed by atoms with Gasteiger partial charge in [-0.25, -0.2) is 8.42 Å². The van der Waals surface area contributed by atoms with Crippen LogP contribution in [0.2, 0.25) is 0 Å². The van der Waals surface area contributed by atoms with Gasteiger partial charge in [0, 0.05) is 18.2 Å². The SMILES string of the molecule is CCCS(=O)(=O)Nc1cccc(O[C@@H]2CN(C(=O)c3cc(C)ccc3C)C[C@H]2OC)c1C. The van der Waals surface area contributed by atoms with Gasteiger partial charge >= 0.3 is 0 Å². The van der Waals surface area contributed by atoms with Crippen molar-refractivity contribution in [2.75, 3.05) is 30.7 Å². The summed E-state index contributed by atoms with van der Waals surface area (Å²) in [6.45, 7) is 8.34. The van der Waals surface area contributed by atoms with E-state index in [1.807, 2.05) is 45.9 Å². The molecule has 1 aliphatic heterocycles. The summed E-state index contributed by atoms with van der Waals surface area (Å²) in [5.74, 6) is 0.577. The molecule has 2 aromatic rings. The number of likely N-dealkylation sites (tertiary alicyclic amines) is 1. The van der Waals surface area contributed by atoms with Crippen LogP contribution in [0.3, 0.4) is 0 Å². The minimum Gasteiger partial charge on any atom is -0.485 e. The van der Waals surface area contributed by atoms with E-state index in [2.05, 4.69) is 4.72 Å². The van der Waals surface area contributed by atoms with Gasteiger partial charge in [-0.3, -0.25) is 9.52 Å². The van der Waals surface area contributed by atoms with Crippen LogP contribution < -0.4 is 9.46 Å². The smallest absolute Gasteiger partial charge is 0.254 e. The number of methoxy groups -OCH3 is 1. The number of amides is 1. The number of anilines is 1. The van der Waals surface area contributed by atoms with Crippen LogP contribution in [0.25, 0.3) is 0 Å². The first-order valence-electron chi connectivity index (χ1n) is 10.8. The molecule has 0 bridgehead atoms. The predicted octanol–water partition coefficient (Wildman–Crippen LogP) is 3.68. The molecular formula is C24H32N2O5S. The number of ether oxygens (including phenoxy) is 2. The number of carbonyl (C=O) groups excluding carboxylic acids is 1. The van der Waals surface area contributed by atoms with Gasteiger partial charge in [-0.05, 0) is 51.0 Å². The van der Waals surface area contributed by atoms with Crippen LogP contribution in [0.4, 0.5) is 5.69 Å². The van der Waals surface area contributed by atoms with Crippen LogP contribution in [0.15, 0.2) is 36.4 Å². The largest absolute Gasteiger partial charge is 0.485 e. The van der Waals surface area contributed by atoms with Gasteiger partial charge in [-0.15, -0.1) is 0 Å². The first kappa shape index (κ1) is 24.1. The molecule has 0 radical (unpaired) electrons. The van der Waals surface area contributed by atoms with E-state index in [1.165, 1.54) is 0 Å². The molecule has 8 heteroatoms. The molecular weight excluding hydrogens is 428 g/mol. The third kappa shape index (κ3) is 5.42. The Kier molecular flexibility index (Phi) is 7.46. The highest BCUT2D eigenvalue weighted by molar-refractivity contribution is 7.92. The van der Waals surface area contributed by atoms with E-state index in [0.29, 0.717) is 42.1 Å². The Morgan fingerprint density at radius 3 is 2.53 bits per heavy atom. The third-order valence-electron chi connectivity index (χ3n) is 5.73. The minimum atomic E-state index is -3.41. The van der Waals surface area contributed by atoms with E-state index < -0.39 is 10.0 Å². The fourth-order valence-corrected chi connectivity index (χ4v) is 5.08. The van der Waals surface area contributed by atoms with Gasteiger partial charge in [0.15, 0.2) is 0 Å². The molecule has 1 fully saturated rings. The summed E-state index contributed by atoms with van der Waals surface area (Å²) >= 11 is 0. The average molecular weight is 461 g/mol. The standard InChI is InChI=1S/C24H32N2O5S/c1-6-12-32(28,29)25-20-8-7-9-21(18(20)4)31-23-15-26(14-22(23)30-5)24(27)19-13-16(2)10-11-17(19)3/h7-11,13,22-23,25H,6,12,14-15H2,1-5H3/t22-,23-/m1/s1. The zero-order valence-electron chi connectivity index (χ0n) is 19.3. The lowest BCUT2D eigenvalue weighted by atomic mass is 10.0. The van der Waals surface area contributed by atoms with Crippen molar-refractivity contribution in [2.24, 2.45) is 0 Å². The van der Waals surface area contributed by atoms with Crippen molar-refractivity contribution >= 4 is 21.6 Å². The van der Waals surface area contributed by atoms with Crippen molar-refractivity contribution in [3.8, 4) is 5.75 Å². The average Bonchev–Trinajstić information content (AvgIpc) is 3.15. The molecule has 1 N–H and O–H groups in total. The number of hydrogen-bond acceptors (Lipinski definition) is 5. The molecule has 0 aliphatic carbocycles. The monoisotopic (exact) mass is 460 g/mol. The molecule has 1 saturated heterocycles. The predicted molar refractivity (Wildman–Crippen MR) is 126 cm³/mol. The van der Waals surface area contributed by atoms with E-state index in [9.17, 15) is 13.2 Å². The van der Waals surface area contributed by atoms with E-state index in [0.717, 1.165) is 11.1 Å². The zero-order valence-corrected chi connectivity index (χ0v) is 20.2. The Morgan fingerprint density at radius 2 is 1.84 bits per heavy atom. The fourth-order valence-electron chi connectivity index (χ4n) is 3.89. The van der Waals surface area contributed by atoms with Gasteiger partial charge in [-0.1, -0.05) is 30.7 Å². The quantitative estimate of drug-likeness (QED) is 0.650. The Hall–Kier alpha value is -2.58. The van der Waals surface area contributed by atoms with Crippen LogP contribution in [0.1, 0.15) is 40.4 Å². The van der Waals surface area contributed by atoms with Gasteiger partial charge in [0.05, 0.1) is 24.5 Å². The highest BCUT2D eigenvalue weighted by atomic mass is 32.2. The number of benzene rings is 2. The summed E-state index contributed by atoms with van der Waals surface area (Å²) in [7, 11) is -1.80. The third-order valence-corrected chi connectivity index (χ3v) is 7.21. The van der Waals surface area contributed by atoms with E-state index in [-0.39, 0.29) is 23.9 Å². The van der Waals surface area contributed by atoms with Gasteiger partial charge in [0.2, 0.25) is 10.0 Å². The van der Waals surface area contributed by atoms with Crippen LogP contribution in [0.5, 0.6) is 5.75 Å². The molecule has 2 aromatic carbocycles. The first-order valence-corrected chi connectivity index (χ1v) is 12.5. The number of nitrogens with one attached hydrogen (secondary N) is 1. The second kappa shape index (κ2) is 9.92. The molecule has 0 unspecified atom stereocenters. The molecule has 3 rings (SSSR count). The number of aryl methyl sites for hydroxylation is 2. The van der Waals surface area contributed by atoms with Crippen LogP contribution in [-0.4, -0.2) is 57.4 Å². The molecule has 0 saturated carbocycles. The number of nitrogens with zero attached hydrogens (tertiary/aromatic N) is 1. The molecule has 1 aliphatic rings. The molecule has 32 heavy (non-hydrogen) atoms. The fraction of sp³-hybridized carbons (Fsp3) is 0.458. The molecule has 2 atom stereocenters. The molecule has 0 spiro atoms. The van der Waals surface area contributed by atoms with Gasteiger partial charge < -0.3 is 14.4 Å². The van der Waals surface area contributed by atoms with E-state index in [1.54, 1.807) is 30.2 Å². The number of hydrogen-bond donors (Lipinski definition) is 1.